The van der Waals surface area contributed by atoms with E-state index < -0.39 is 5.60 Å². The highest BCUT2D eigenvalue weighted by atomic mass is 19.1. The van der Waals surface area contributed by atoms with Gasteiger partial charge >= 0.3 is 0 Å². The Kier molecular flexibility index (Phi) is 4.44. The van der Waals surface area contributed by atoms with Gasteiger partial charge in [0, 0.05) is 44.4 Å². The van der Waals surface area contributed by atoms with E-state index in [2.05, 4.69) is 15.1 Å². The average Bonchev–Trinajstić information content (AvgIpc) is 3.10. The first-order valence-electron chi connectivity index (χ1n) is 9.24. The summed E-state index contributed by atoms with van der Waals surface area (Å²) >= 11 is 0. The Morgan fingerprint density at radius 3 is 2.70 bits per heavy atom. The van der Waals surface area contributed by atoms with Gasteiger partial charge in [-0.3, -0.25) is 9.69 Å². The first-order valence-corrected chi connectivity index (χ1v) is 9.24. The number of nitrogens with zero attached hydrogens (tertiary/aromatic N) is 2. The molecule has 0 spiro atoms. The average molecular weight is 373 g/mol. The number of piperazine rings is 1. The number of benzene rings is 1. The van der Waals surface area contributed by atoms with Gasteiger partial charge in [0.25, 0.3) is 5.91 Å². The lowest BCUT2D eigenvalue weighted by atomic mass is 10.0. The number of hydrogen-bond acceptors (Lipinski definition) is 5. The Balaban J connectivity index is 1.65. The van der Waals surface area contributed by atoms with Gasteiger partial charge in [0.1, 0.15) is 17.2 Å². The topological polar surface area (TPSA) is 65.0 Å². The highest BCUT2D eigenvalue weighted by molar-refractivity contribution is 6.32. The number of carbonyl (C=O) groups excluding carboxylic acids is 1. The van der Waals surface area contributed by atoms with Crippen LogP contribution in [0.15, 0.2) is 35.7 Å². The largest absolute Gasteiger partial charge is 0.481 e. The van der Waals surface area contributed by atoms with E-state index in [1.165, 1.54) is 12.1 Å². The first-order chi connectivity index (χ1) is 12.9. The molecule has 3 aliphatic heterocycles. The van der Waals surface area contributed by atoms with Crippen molar-refractivity contribution in [2.75, 3.05) is 44.6 Å². The van der Waals surface area contributed by atoms with E-state index in [-0.39, 0.29) is 18.3 Å². The van der Waals surface area contributed by atoms with Gasteiger partial charge in [-0.15, -0.1) is 0 Å². The quantitative estimate of drug-likeness (QED) is 0.791. The third kappa shape index (κ3) is 3.21. The molecule has 1 aromatic rings. The molecule has 144 valence electrons. The van der Waals surface area contributed by atoms with Gasteiger partial charge in [-0.1, -0.05) is 0 Å². The van der Waals surface area contributed by atoms with Crippen LogP contribution in [0, 0.1) is 5.82 Å². The summed E-state index contributed by atoms with van der Waals surface area (Å²) < 4.78 is 19.6. The molecule has 4 rings (SSSR count). The maximum Gasteiger partial charge on any atom is 0.260 e. The Bertz CT molecular complexity index is 839. The molecule has 1 saturated heterocycles. The van der Waals surface area contributed by atoms with E-state index in [1.807, 2.05) is 19.9 Å². The van der Waals surface area contributed by atoms with Gasteiger partial charge in [0.15, 0.2) is 0 Å². The number of hydrogen-bond donors (Lipinski definition) is 2. The molecule has 6 nitrogen and oxygen atoms in total. The molecule has 1 aromatic carbocycles. The van der Waals surface area contributed by atoms with E-state index >= 15 is 0 Å². The highest BCUT2D eigenvalue weighted by Crippen LogP contribution is 2.42. The van der Waals surface area contributed by atoms with E-state index in [1.54, 1.807) is 6.07 Å². The number of anilines is 1. The number of aliphatic hydroxyl groups is 1. The zero-order valence-electron chi connectivity index (χ0n) is 15.6. The number of amides is 1. The molecular formula is C20H24FN3O3. The van der Waals surface area contributed by atoms with Gasteiger partial charge in [0.2, 0.25) is 0 Å². The molecule has 1 amide bonds. The number of β-amino-alcohol motifs (C(OH)–C–C–N with tert-alkyl or cyclic N) is 1. The molecule has 3 heterocycles. The zero-order chi connectivity index (χ0) is 19.2. The lowest BCUT2D eigenvalue weighted by Gasteiger charge is -2.39. The summed E-state index contributed by atoms with van der Waals surface area (Å²) in [6, 6.07) is 4.29. The SMILES string of the molecule is CC1(C)OC(=C2C(=O)Nc3cc(F)ccc32)C=C1N1CCN(CCO)CC1. The van der Waals surface area contributed by atoms with Crippen LogP contribution >= 0.6 is 0 Å². The van der Waals surface area contributed by atoms with Crippen molar-refractivity contribution in [2.24, 2.45) is 0 Å². The molecular weight excluding hydrogens is 349 g/mol. The van der Waals surface area contributed by atoms with Crippen LogP contribution in [0.4, 0.5) is 10.1 Å². The fraction of sp³-hybridized carbons (Fsp3) is 0.450. The van der Waals surface area contributed by atoms with Crippen LogP contribution in [0.25, 0.3) is 5.57 Å². The van der Waals surface area contributed by atoms with Crippen LogP contribution in [0.3, 0.4) is 0 Å². The van der Waals surface area contributed by atoms with Gasteiger partial charge < -0.3 is 20.1 Å². The fourth-order valence-electron chi connectivity index (χ4n) is 3.99. The minimum absolute atomic E-state index is 0.169. The first kappa shape index (κ1) is 18.0. The Morgan fingerprint density at radius 1 is 1.26 bits per heavy atom. The van der Waals surface area contributed by atoms with Crippen LogP contribution in [0.1, 0.15) is 19.4 Å². The number of carbonyl (C=O) groups is 1. The smallest absolute Gasteiger partial charge is 0.260 e. The number of allylic oxidation sites excluding steroid dienone is 1. The molecule has 7 heteroatoms. The van der Waals surface area contributed by atoms with Crippen molar-refractivity contribution in [1.29, 1.82) is 0 Å². The second kappa shape index (κ2) is 6.65. The molecule has 0 unspecified atom stereocenters. The molecule has 1 fully saturated rings. The molecule has 0 saturated carbocycles. The van der Waals surface area contributed by atoms with Crippen molar-refractivity contribution in [3.63, 3.8) is 0 Å². The lowest BCUT2D eigenvalue weighted by molar-refractivity contribution is -0.111. The summed E-state index contributed by atoms with van der Waals surface area (Å²) in [5.41, 5.74) is 2.08. The van der Waals surface area contributed by atoms with Crippen LogP contribution in [-0.4, -0.2) is 65.7 Å². The second-order valence-electron chi connectivity index (χ2n) is 7.58. The Labute approximate surface area is 157 Å². The normalized spacial score (nSPS) is 24.5. The van der Waals surface area contributed by atoms with Crippen LogP contribution in [-0.2, 0) is 9.53 Å². The summed E-state index contributed by atoms with van der Waals surface area (Å²) in [7, 11) is 0. The van der Waals surface area contributed by atoms with Gasteiger partial charge in [-0.2, -0.15) is 0 Å². The minimum Gasteiger partial charge on any atom is -0.481 e. The van der Waals surface area contributed by atoms with Crippen molar-refractivity contribution in [1.82, 2.24) is 9.80 Å². The number of fused-ring (bicyclic) bond motifs is 1. The molecule has 0 atom stereocenters. The molecule has 0 aliphatic carbocycles. The Hall–Kier alpha value is -2.38. The highest BCUT2D eigenvalue weighted by Gasteiger charge is 2.40. The summed E-state index contributed by atoms with van der Waals surface area (Å²) in [4.78, 5) is 17.0. The summed E-state index contributed by atoms with van der Waals surface area (Å²) in [5, 5.41) is 11.8. The molecule has 3 aliphatic rings. The van der Waals surface area contributed by atoms with E-state index in [0.29, 0.717) is 29.1 Å². The monoisotopic (exact) mass is 373 g/mol. The van der Waals surface area contributed by atoms with Crippen LogP contribution < -0.4 is 5.32 Å². The lowest BCUT2D eigenvalue weighted by Crippen LogP contribution is -2.49. The molecule has 0 bridgehead atoms. The van der Waals surface area contributed by atoms with Crippen molar-refractivity contribution >= 4 is 17.2 Å². The maximum absolute atomic E-state index is 13.5. The van der Waals surface area contributed by atoms with Gasteiger partial charge in [-0.05, 0) is 32.0 Å². The molecule has 27 heavy (non-hydrogen) atoms. The predicted octanol–water partition coefficient (Wildman–Crippen LogP) is 1.79. The van der Waals surface area contributed by atoms with E-state index in [4.69, 9.17) is 9.84 Å². The number of halogens is 1. The standard InChI is InChI=1S/C20H24FN3O3/c1-20(2)17(24-7-5-23(6-8-24)9-10-25)12-16(27-20)18-14-4-3-13(21)11-15(14)22-19(18)26/h3-4,11-12,25H,5-10H2,1-2H3,(H,22,26). The van der Waals surface area contributed by atoms with Crippen molar-refractivity contribution < 1.29 is 19.0 Å². The summed E-state index contributed by atoms with van der Waals surface area (Å²) in [5.74, 6) is -0.132. The number of ether oxygens (including phenoxy) is 1. The van der Waals surface area contributed by atoms with Crippen LogP contribution in [0.2, 0.25) is 0 Å². The summed E-state index contributed by atoms with van der Waals surface area (Å²) in [6.45, 7) is 8.28. The maximum atomic E-state index is 13.5. The number of rotatable bonds is 3. The van der Waals surface area contributed by atoms with Crippen molar-refractivity contribution in [2.45, 2.75) is 19.4 Å². The van der Waals surface area contributed by atoms with E-state index in [9.17, 15) is 9.18 Å². The minimum atomic E-state index is -0.551. The third-order valence-corrected chi connectivity index (χ3v) is 5.35. The molecule has 0 radical (unpaired) electrons. The van der Waals surface area contributed by atoms with E-state index in [0.717, 1.165) is 31.9 Å². The van der Waals surface area contributed by atoms with Crippen molar-refractivity contribution in [3.05, 3.63) is 47.1 Å². The van der Waals surface area contributed by atoms with Gasteiger partial charge in [-0.25, -0.2) is 4.39 Å². The summed E-state index contributed by atoms with van der Waals surface area (Å²) in [6.07, 6.45) is 1.94. The van der Waals surface area contributed by atoms with Gasteiger partial charge in [0.05, 0.1) is 23.6 Å². The third-order valence-electron chi connectivity index (χ3n) is 5.35. The molecule has 2 N–H and O–H groups in total. The predicted molar refractivity (Wildman–Crippen MR) is 100 cm³/mol. The molecule has 0 aromatic heterocycles. The van der Waals surface area contributed by atoms with Crippen LogP contribution in [0.5, 0.6) is 0 Å². The Morgan fingerprint density at radius 2 is 2.00 bits per heavy atom. The number of aliphatic hydroxyl groups excluding tert-OH is 1. The fourth-order valence-corrected chi connectivity index (χ4v) is 3.99. The number of nitrogens with one attached hydrogen (secondary N) is 1. The second-order valence-corrected chi connectivity index (χ2v) is 7.58. The van der Waals surface area contributed by atoms with Crippen molar-refractivity contribution in [3.8, 4) is 0 Å². The zero-order valence-corrected chi connectivity index (χ0v) is 15.6.